The number of aromatic nitrogens is 1. The first-order chi connectivity index (χ1) is 12.6. The molecule has 1 aliphatic heterocycles. The van der Waals surface area contributed by atoms with Crippen LogP contribution in [-0.4, -0.2) is 42.2 Å². The lowest BCUT2D eigenvalue weighted by Gasteiger charge is -2.34. The molecule has 140 valence electrons. The molecule has 1 saturated heterocycles. The van der Waals surface area contributed by atoms with Crippen LogP contribution in [0.3, 0.4) is 0 Å². The monoisotopic (exact) mass is 357 g/mol. The number of hydrogen-bond donors (Lipinski definition) is 1. The summed E-state index contributed by atoms with van der Waals surface area (Å²) in [5.41, 5.74) is 3.00. The average molecular weight is 357 g/mol. The number of rotatable bonds is 6. The third kappa shape index (κ3) is 4.36. The molecular weight excluding hydrogens is 330 g/mol. The van der Waals surface area contributed by atoms with Crippen molar-refractivity contribution in [1.82, 2.24) is 10.1 Å². The number of carbonyl (C=O) groups is 1. The van der Waals surface area contributed by atoms with E-state index in [2.05, 4.69) is 10.5 Å². The van der Waals surface area contributed by atoms with Crippen LogP contribution in [0.1, 0.15) is 36.3 Å². The van der Waals surface area contributed by atoms with Gasteiger partial charge in [-0.3, -0.25) is 4.79 Å². The Bertz CT molecular complexity index is 720. The van der Waals surface area contributed by atoms with Crippen LogP contribution in [0.5, 0.6) is 5.75 Å². The molecule has 0 unspecified atom stereocenters. The van der Waals surface area contributed by atoms with Crippen LogP contribution in [0.15, 0.2) is 28.8 Å². The highest BCUT2D eigenvalue weighted by Crippen LogP contribution is 2.20. The number of likely N-dealkylation sites (tertiary alicyclic amines) is 1. The van der Waals surface area contributed by atoms with Gasteiger partial charge in [0.05, 0.1) is 12.8 Å². The second-order valence-corrected chi connectivity index (χ2v) is 6.85. The third-order valence-corrected chi connectivity index (χ3v) is 5.00. The SMILES string of the molecule is COc1ccc(N[C@@H]2CCCN(C(=O)CCc3c(C)noc3C)C2)cc1. The van der Waals surface area contributed by atoms with Crippen molar-refractivity contribution in [2.24, 2.45) is 0 Å². The van der Waals surface area contributed by atoms with E-state index in [-0.39, 0.29) is 11.9 Å². The summed E-state index contributed by atoms with van der Waals surface area (Å²) < 4.78 is 10.4. The van der Waals surface area contributed by atoms with Gasteiger partial charge in [0.2, 0.25) is 5.91 Å². The quantitative estimate of drug-likeness (QED) is 0.859. The Labute approximate surface area is 154 Å². The van der Waals surface area contributed by atoms with Crippen molar-refractivity contribution < 1.29 is 14.1 Å². The molecule has 0 saturated carbocycles. The maximum Gasteiger partial charge on any atom is 0.222 e. The van der Waals surface area contributed by atoms with E-state index in [0.717, 1.165) is 54.4 Å². The summed E-state index contributed by atoms with van der Waals surface area (Å²) >= 11 is 0. The summed E-state index contributed by atoms with van der Waals surface area (Å²) in [5, 5.41) is 7.49. The molecule has 1 fully saturated rings. The minimum Gasteiger partial charge on any atom is -0.497 e. The van der Waals surface area contributed by atoms with Gasteiger partial charge >= 0.3 is 0 Å². The second kappa shape index (κ2) is 8.25. The molecule has 1 amide bonds. The first kappa shape index (κ1) is 18.3. The van der Waals surface area contributed by atoms with Crippen LogP contribution in [0, 0.1) is 13.8 Å². The van der Waals surface area contributed by atoms with Crippen molar-refractivity contribution in [1.29, 1.82) is 0 Å². The van der Waals surface area contributed by atoms with Crippen molar-refractivity contribution in [2.75, 3.05) is 25.5 Å². The molecule has 1 atom stereocenters. The summed E-state index contributed by atoms with van der Waals surface area (Å²) in [6, 6.07) is 8.18. The molecule has 0 aliphatic carbocycles. The Hall–Kier alpha value is -2.50. The molecule has 0 spiro atoms. The zero-order chi connectivity index (χ0) is 18.5. The molecule has 3 rings (SSSR count). The van der Waals surface area contributed by atoms with Crippen molar-refractivity contribution in [3.8, 4) is 5.75 Å². The third-order valence-electron chi connectivity index (χ3n) is 5.00. The highest BCUT2D eigenvalue weighted by atomic mass is 16.5. The minimum atomic E-state index is 0.200. The van der Waals surface area contributed by atoms with Gasteiger partial charge in [0.15, 0.2) is 0 Å². The maximum atomic E-state index is 12.6. The Morgan fingerprint density at radius 3 is 2.77 bits per heavy atom. The molecule has 26 heavy (non-hydrogen) atoms. The van der Waals surface area contributed by atoms with Crippen LogP contribution in [0.2, 0.25) is 0 Å². The Kier molecular flexibility index (Phi) is 5.81. The minimum absolute atomic E-state index is 0.200. The number of benzene rings is 1. The summed E-state index contributed by atoms with van der Waals surface area (Å²) in [6.45, 7) is 5.40. The molecule has 0 radical (unpaired) electrons. The molecule has 1 aromatic carbocycles. The lowest BCUT2D eigenvalue weighted by molar-refractivity contribution is -0.132. The number of hydrogen-bond acceptors (Lipinski definition) is 5. The lowest BCUT2D eigenvalue weighted by atomic mass is 10.0. The topological polar surface area (TPSA) is 67.6 Å². The smallest absolute Gasteiger partial charge is 0.222 e. The van der Waals surface area contributed by atoms with Gasteiger partial charge in [0.1, 0.15) is 11.5 Å². The van der Waals surface area contributed by atoms with Crippen LogP contribution >= 0.6 is 0 Å². The van der Waals surface area contributed by atoms with E-state index in [1.807, 2.05) is 43.0 Å². The van der Waals surface area contributed by atoms with Crippen molar-refractivity contribution >= 4 is 11.6 Å². The standard InChI is InChI=1S/C20H27N3O3/c1-14-19(15(2)26-22-14)10-11-20(24)23-12-4-5-17(13-23)21-16-6-8-18(25-3)9-7-16/h6-9,17,21H,4-5,10-13H2,1-3H3/t17-/m1/s1. The molecule has 6 nitrogen and oxygen atoms in total. The van der Waals surface area contributed by atoms with E-state index in [1.54, 1.807) is 7.11 Å². The van der Waals surface area contributed by atoms with E-state index in [0.29, 0.717) is 12.8 Å². The van der Waals surface area contributed by atoms with E-state index in [4.69, 9.17) is 9.26 Å². The van der Waals surface area contributed by atoms with Crippen molar-refractivity contribution in [2.45, 2.75) is 45.6 Å². The summed E-state index contributed by atoms with van der Waals surface area (Å²) in [7, 11) is 1.66. The number of piperidine rings is 1. The van der Waals surface area contributed by atoms with Crippen LogP contribution in [0.25, 0.3) is 0 Å². The number of amides is 1. The van der Waals surface area contributed by atoms with Gasteiger partial charge in [-0.2, -0.15) is 0 Å². The number of ether oxygens (including phenoxy) is 1. The number of nitrogens with zero attached hydrogens (tertiary/aromatic N) is 2. The van der Waals surface area contributed by atoms with Crippen molar-refractivity contribution in [3.63, 3.8) is 0 Å². The van der Waals surface area contributed by atoms with E-state index >= 15 is 0 Å². The Balaban J connectivity index is 1.53. The molecule has 1 N–H and O–H groups in total. The van der Waals surface area contributed by atoms with Gasteiger partial charge in [-0.1, -0.05) is 5.16 Å². The fraction of sp³-hybridized carbons (Fsp3) is 0.500. The molecule has 0 bridgehead atoms. The fourth-order valence-electron chi connectivity index (χ4n) is 3.49. The lowest BCUT2D eigenvalue weighted by Crippen LogP contribution is -2.45. The average Bonchev–Trinajstić information content (AvgIpc) is 2.98. The molecular formula is C20H27N3O3. The largest absolute Gasteiger partial charge is 0.497 e. The Morgan fingerprint density at radius 1 is 1.35 bits per heavy atom. The maximum absolute atomic E-state index is 12.6. The van der Waals surface area contributed by atoms with E-state index < -0.39 is 0 Å². The van der Waals surface area contributed by atoms with Crippen molar-refractivity contribution in [3.05, 3.63) is 41.3 Å². The first-order valence-corrected chi connectivity index (χ1v) is 9.17. The highest BCUT2D eigenvalue weighted by molar-refractivity contribution is 5.76. The van der Waals surface area contributed by atoms with Crippen LogP contribution < -0.4 is 10.1 Å². The predicted octanol–water partition coefficient (Wildman–Crippen LogP) is 3.34. The number of methoxy groups -OCH3 is 1. The second-order valence-electron chi connectivity index (χ2n) is 6.85. The van der Waals surface area contributed by atoms with Gasteiger partial charge in [-0.15, -0.1) is 0 Å². The molecule has 2 heterocycles. The first-order valence-electron chi connectivity index (χ1n) is 9.17. The Morgan fingerprint density at radius 2 is 2.12 bits per heavy atom. The van der Waals surface area contributed by atoms with E-state index in [1.165, 1.54) is 0 Å². The number of aryl methyl sites for hydroxylation is 2. The van der Waals surface area contributed by atoms with Crippen LogP contribution in [-0.2, 0) is 11.2 Å². The number of carbonyl (C=O) groups excluding carboxylic acids is 1. The van der Waals surface area contributed by atoms with Gasteiger partial charge in [-0.25, -0.2) is 0 Å². The van der Waals surface area contributed by atoms with Gasteiger partial charge in [-0.05, 0) is 57.4 Å². The zero-order valence-corrected chi connectivity index (χ0v) is 15.7. The molecule has 6 heteroatoms. The van der Waals surface area contributed by atoms with Gasteiger partial charge < -0.3 is 19.5 Å². The summed E-state index contributed by atoms with van der Waals surface area (Å²) in [4.78, 5) is 14.6. The molecule has 2 aromatic rings. The normalized spacial score (nSPS) is 17.2. The van der Waals surface area contributed by atoms with Crippen LogP contribution in [0.4, 0.5) is 5.69 Å². The molecule has 1 aliphatic rings. The summed E-state index contributed by atoms with van der Waals surface area (Å²) in [5.74, 6) is 1.86. The van der Waals surface area contributed by atoms with Gasteiger partial charge in [0, 0.05) is 36.8 Å². The van der Waals surface area contributed by atoms with Gasteiger partial charge in [0.25, 0.3) is 0 Å². The fourth-order valence-corrected chi connectivity index (χ4v) is 3.49. The molecule has 1 aromatic heterocycles. The van der Waals surface area contributed by atoms with E-state index in [9.17, 15) is 4.79 Å². The highest BCUT2D eigenvalue weighted by Gasteiger charge is 2.24. The number of anilines is 1. The zero-order valence-electron chi connectivity index (χ0n) is 15.7. The predicted molar refractivity (Wildman–Crippen MR) is 101 cm³/mol. The number of nitrogens with one attached hydrogen (secondary N) is 1. The summed E-state index contributed by atoms with van der Waals surface area (Å²) in [6.07, 6.45) is 3.27.